The van der Waals surface area contributed by atoms with Crippen molar-refractivity contribution < 1.29 is 13.9 Å². The lowest BCUT2D eigenvalue weighted by molar-refractivity contribution is 0.0642. The summed E-state index contributed by atoms with van der Waals surface area (Å²) in [7, 11) is 0. The molecule has 0 unspecified atom stereocenters. The molecule has 2 aromatic carbocycles. The number of carbonyl (C=O) groups is 1. The van der Waals surface area contributed by atoms with Crippen LogP contribution >= 0.6 is 0 Å². The predicted octanol–water partition coefficient (Wildman–Crippen LogP) is 3.77. The van der Waals surface area contributed by atoms with Crippen molar-refractivity contribution in [2.75, 3.05) is 19.8 Å². The summed E-state index contributed by atoms with van der Waals surface area (Å²) in [6, 6.07) is 15.7. The van der Waals surface area contributed by atoms with Gasteiger partial charge in [0.05, 0.1) is 0 Å². The average molecular weight is 364 g/mol. The second-order valence-corrected chi connectivity index (χ2v) is 7.04. The molecule has 0 atom stereocenters. The van der Waals surface area contributed by atoms with Gasteiger partial charge in [-0.2, -0.15) is 0 Å². The van der Waals surface area contributed by atoms with Gasteiger partial charge in [0.1, 0.15) is 5.52 Å². The van der Waals surface area contributed by atoms with Gasteiger partial charge >= 0.3 is 0 Å². The number of ether oxygens (including phenoxy) is 1. The van der Waals surface area contributed by atoms with E-state index in [4.69, 9.17) is 9.15 Å². The third-order valence-corrected chi connectivity index (χ3v) is 5.06. The van der Waals surface area contributed by atoms with Crippen molar-refractivity contribution in [3.05, 3.63) is 65.5 Å². The molecule has 5 nitrogen and oxygen atoms in total. The quantitative estimate of drug-likeness (QED) is 0.723. The van der Waals surface area contributed by atoms with E-state index in [1.807, 2.05) is 30.3 Å². The Balaban J connectivity index is 1.38. The molecule has 0 saturated carbocycles. The minimum Gasteiger partial charge on any atom is -0.441 e. The summed E-state index contributed by atoms with van der Waals surface area (Å²) in [5.74, 6) is 1.15. The van der Waals surface area contributed by atoms with Crippen molar-refractivity contribution >= 4 is 17.0 Å². The Morgan fingerprint density at radius 1 is 1.07 bits per heavy atom. The Morgan fingerprint density at radius 2 is 1.89 bits per heavy atom. The molecule has 0 spiro atoms. The highest BCUT2D eigenvalue weighted by atomic mass is 16.5. The topological polar surface area (TPSA) is 64.4 Å². The molecule has 1 amide bonds. The zero-order valence-corrected chi connectivity index (χ0v) is 15.3. The third-order valence-electron chi connectivity index (χ3n) is 5.06. The van der Waals surface area contributed by atoms with Crippen molar-refractivity contribution in [1.29, 1.82) is 0 Å². The van der Waals surface area contributed by atoms with E-state index in [9.17, 15) is 4.79 Å². The maximum atomic E-state index is 12.4. The van der Waals surface area contributed by atoms with Crippen LogP contribution in [-0.4, -0.2) is 30.6 Å². The van der Waals surface area contributed by atoms with Crippen LogP contribution in [0.2, 0.25) is 0 Å². The van der Waals surface area contributed by atoms with E-state index in [2.05, 4.69) is 22.4 Å². The average Bonchev–Trinajstić information content (AvgIpc) is 3.14. The van der Waals surface area contributed by atoms with Gasteiger partial charge in [0.15, 0.2) is 11.5 Å². The molecule has 1 fully saturated rings. The first-order chi connectivity index (χ1) is 13.3. The van der Waals surface area contributed by atoms with Gasteiger partial charge in [-0.3, -0.25) is 4.79 Å². The summed E-state index contributed by atoms with van der Waals surface area (Å²) in [6.45, 7) is 2.27. The molecule has 1 aromatic heterocycles. The Kier molecular flexibility index (Phi) is 5.49. The molecule has 3 aromatic rings. The fourth-order valence-corrected chi connectivity index (χ4v) is 3.41. The summed E-state index contributed by atoms with van der Waals surface area (Å²) in [4.78, 5) is 17.0. The summed E-state index contributed by atoms with van der Waals surface area (Å²) < 4.78 is 11.2. The van der Waals surface area contributed by atoms with Gasteiger partial charge in [-0.1, -0.05) is 30.3 Å². The highest BCUT2D eigenvalue weighted by Crippen LogP contribution is 2.19. The minimum absolute atomic E-state index is 0.0581. The Morgan fingerprint density at radius 3 is 2.70 bits per heavy atom. The van der Waals surface area contributed by atoms with E-state index >= 15 is 0 Å². The largest absolute Gasteiger partial charge is 0.441 e. The molecule has 27 heavy (non-hydrogen) atoms. The number of fused-ring (bicyclic) bond motifs is 1. The predicted molar refractivity (Wildman–Crippen MR) is 104 cm³/mol. The van der Waals surface area contributed by atoms with E-state index < -0.39 is 0 Å². The fourth-order valence-electron chi connectivity index (χ4n) is 3.41. The maximum absolute atomic E-state index is 12.4. The zero-order valence-electron chi connectivity index (χ0n) is 15.3. The first-order valence-electron chi connectivity index (χ1n) is 9.57. The Hall–Kier alpha value is -2.66. The number of aromatic nitrogens is 1. The molecule has 0 radical (unpaired) electrons. The summed E-state index contributed by atoms with van der Waals surface area (Å²) in [6.07, 6.45) is 3.64. The lowest BCUT2D eigenvalue weighted by atomic mass is 10.0. The van der Waals surface area contributed by atoms with Gasteiger partial charge in [0, 0.05) is 31.7 Å². The van der Waals surface area contributed by atoms with Crippen molar-refractivity contribution in [3.8, 4) is 0 Å². The van der Waals surface area contributed by atoms with E-state index in [0.717, 1.165) is 50.0 Å². The van der Waals surface area contributed by atoms with Gasteiger partial charge in [-0.05, 0) is 48.9 Å². The van der Waals surface area contributed by atoms with Crippen molar-refractivity contribution in [1.82, 2.24) is 10.3 Å². The number of nitrogens with one attached hydrogen (secondary N) is 1. The molecule has 5 heteroatoms. The van der Waals surface area contributed by atoms with Crippen LogP contribution in [0.1, 0.15) is 34.7 Å². The SMILES string of the molecule is O=C(NCC1CCOCC1)c1ccc2oc(CCc3ccccc3)nc2c1. The van der Waals surface area contributed by atoms with Gasteiger partial charge in [0.2, 0.25) is 0 Å². The van der Waals surface area contributed by atoms with E-state index in [1.54, 1.807) is 6.07 Å². The molecule has 1 saturated heterocycles. The van der Waals surface area contributed by atoms with Crippen LogP contribution in [0.15, 0.2) is 52.9 Å². The summed E-state index contributed by atoms with van der Waals surface area (Å²) in [5, 5.41) is 3.03. The van der Waals surface area contributed by atoms with Gasteiger partial charge in [-0.15, -0.1) is 0 Å². The van der Waals surface area contributed by atoms with Crippen LogP contribution in [0.25, 0.3) is 11.1 Å². The minimum atomic E-state index is -0.0581. The molecule has 140 valence electrons. The maximum Gasteiger partial charge on any atom is 0.251 e. The highest BCUT2D eigenvalue weighted by Gasteiger charge is 2.16. The van der Waals surface area contributed by atoms with Crippen molar-refractivity contribution in [2.24, 2.45) is 5.92 Å². The number of aryl methyl sites for hydroxylation is 2. The Labute approximate surface area is 158 Å². The van der Waals surface area contributed by atoms with Crippen LogP contribution in [0, 0.1) is 5.92 Å². The second-order valence-electron chi connectivity index (χ2n) is 7.04. The molecular formula is C22H24N2O3. The lowest BCUT2D eigenvalue weighted by Crippen LogP contribution is -2.32. The highest BCUT2D eigenvalue weighted by molar-refractivity contribution is 5.97. The Bertz CT molecular complexity index is 898. The van der Waals surface area contributed by atoms with Crippen LogP contribution in [-0.2, 0) is 17.6 Å². The normalized spacial score (nSPS) is 15.1. The molecule has 2 heterocycles. The number of rotatable bonds is 6. The molecule has 1 aliphatic heterocycles. The molecule has 4 rings (SSSR count). The molecule has 0 bridgehead atoms. The number of nitrogens with zero attached hydrogens (tertiary/aromatic N) is 1. The number of carbonyl (C=O) groups excluding carboxylic acids is 1. The van der Waals surface area contributed by atoms with Gasteiger partial charge < -0.3 is 14.5 Å². The van der Waals surface area contributed by atoms with Gasteiger partial charge in [0.25, 0.3) is 5.91 Å². The monoisotopic (exact) mass is 364 g/mol. The van der Waals surface area contributed by atoms with Crippen molar-refractivity contribution in [3.63, 3.8) is 0 Å². The number of hydrogen-bond acceptors (Lipinski definition) is 4. The number of hydrogen-bond donors (Lipinski definition) is 1. The van der Waals surface area contributed by atoms with Crippen LogP contribution in [0.4, 0.5) is 0 Å². The molecular weight excluding hydrogens is 340 g/mol. The number of oxazole rings is 1. The zero-order chi connectivity index (χ0) is 18.5. The number of benzene rings is 2. The van der Waals surface area contributed by atoms with Gasteiger partial charge in [-0.25, -0.2) is 4.98 Å². The van der Waals surface area contributed by atoms with Crippen LogP contribution < -0.4 is 5.32 Å². The van der Waals surface area contributed by atoms with E-state index in [0.29, 0.717) is 23.9 Å². The standard InChI is InChI=1S/C22H24N2O3/c25-22(23-15-17-10-12-26-13-11-17)18-7-8-20-19(14-18)24-21(27-20)9-6-16-4-2-1-3-5-16/h1-5,7-8,14,17H,6,9-13,15H2,(H,23,25). The lowest BCUT2D eigenvalue weighted by Gasteiger charge is -2.22. The van der Waals surface area contributed by atoms with E-state index in [-0.39, 0.29) is 5.91 Å². The number of amides is 1. The van der Waals surface area contributed by atoms with Crippen LogP contribution in [0.5, 0.6) is 0 Å². The third kappa shape index (κ3) is 4.55. The summed E-state index contributed by atoms with van der Waals surface area (Å²) >= 11 is 0. The smallest absolute Gasteiger partial charge is 0.251 e. The molecule has 1 N–H and O–H groups in total. The first-order valence-corrected chi connectivity index (χ1v) is 9.57. The second kappa shape index (κ2) is 8.35. The molecule has 1 aliphatic rings. The summed E-state index contributed by atoms with van der Waals surface area (Å²) in [5.41, 5.74) is 3.33. The van der Waals surface area contributed by atoms with Crippen LogP contribution in [0.3, 0.4) is 0 Å². The fraction of sp³-hybridized carbons (Fsp3) is 0.364. The van der Waals surface area contributed by atoms with Crippen molar-refractivity contribution in [2.45, 2.75) is 25.7 Å². The van der Waals surface area contributed by atoms with E-state index in [1.165, 1.54) is 5.56 Å². The first kappa shape index (κ1) is 17.7. The molecule has 0 aliphatic carbocycles.